The Morgan fingerprint density at radius 1 is 1.21 bits per heavy atom. The number of nitrogens with zero attached hydrogens (tertiary/aromatic N) is 2. The van der Waals surface area contributed by atoms with E-state index in [0.717, 1.165) is 29.0 Å². The number of rotatable bonds is 1. The molecule has 2 unspecified atom stereocenters. The van der Waals surface area contributed by atoms with Gasteiger partial charge in [0.15, 0.2) is 5.82 Å². The van der Waals surface area contributed by atoms with Gasteiger partial charge in [-0.3, -0.25) is 9.89 Å². The largest absolute Gasteiger partial charge is 0.299 e. The molecule has 1 saturated carbocycles. The number of halogens is 1. The van der Waals surface area contributed by atoms with Crippen molar-refractivity contribution in [3.63, 3.8) is 0 Å². The van der Waals surface area contributed by atoms with Crippen molar-refractivity contribution in [1.29, 1.82) is 0 Å². The van der Waals surface area contributed by atoms with Crippen molar-refractivity contribution in [2.24, 2.45) is 16.3 Å². The van der Waals surface area contributed by atoms with Crippen LogP contribution in [0.15, 0.2) is 29.3 Å². The van der Waals surface area contributed by atoms with Gasteiger partial charge in [-0.2, -0.15) is 5.10 Å². The molecule has 1 aliphatic carbocycles. The standard InChI is InChI=1S/C19H20ClN3O/c1-10-15-16(11-6-4-5-7-12(11)20)17-13(21-18(15)23-22-10)8-19(2,3)9-14(17)24/h4-7,16-17H,8-9H2,1-3H3,(H,22,23). The zero-order valence-corrected chi connectivity index (χ0v) is 14.8. The molecule has 4 nitrogen and oxygen atoms in total. The summed E-state index contributed by atoms with van der Waals surface area (Å²) in [6.07, 6.45) is 1.39. The van der Waals surface area contributed by atoms with Crippen LogP contribution in [0.4, 0.5) is 5.82 Å². The maximum atomic E-state index is 13.0. The second-order valence-electron chi connectivity index (χ2n) is 7.65. The van der Waals surface area contributed by atoms with Crippen molar-refractivity contribution in [2.75, 3.05) is 0 Å². The van der Waals surface area contributed by atoms with Crippen LogP contribution in [0.25, 0.3) is 0 Å². The minimum atomic E-state index is -0.235. The molecule has 0 spiro atoms. The van der Waals surface area contributed by atoms with E-state index in [1.54, 1.807) is 0 Å². The molecule has 4 rings (SSSR count). The second kappa shape index (κ2) is 5.28. The Kier molecular flexibility index (Phi) is 3.43. The normalized spacial score (nSPS) is 25.0. The summed E-state index contributed by atoms with van der Waals surface area (Å²) in [5.41, 5.74) is 3.83. The van der Waals surface area contributed by atoms with Crippen molar-refractivity contribution in [1.82, 2.24) is 10.2 Å². The van der Waals surface area contributed by atoms with Gasteiger partial charge in [0.1, 0.15) is 5.78 Å². The highest BCUT2D eigenvalue weighted by atomic mass is 35.5. The number of Topliss-reactive ketones (excluding diaryl/α,β-unsaturated/α-hetero) is 1. The van der Waals surface area contributed by atoms with Crippen LogP contribution in [0.2, 0.25) is 5.02 Å². The molecule has 2 atom stereocenters. The number of aryl methyl sites for hydroxylation is 1. The van der Waals surface area contributed by atoms with Crippen molar-refractivity contribution in [2.45, 2.75) is 39.5 Å². The van der Waals surface area contributed by atoms with E-state index in [-0.39, 0.29) is 23.0 Å². The summed E-state index contributed by atoms with van der Waals surface area (Å²) >= 11 is 6.50. The van der Waals surface area contributed by atoms with E-state index in [2.05, 4.69) is 24.0 Å². The van der Waals surface area contributed by atoms with Gasteiger partial charge in [0, 0.05) is 34.3 Å². The zero-order chi connectivity index (χ0) is 17.1. The van der Waals surface area contributed by atoms with E-state index in [0.29, 0.717) is 17.3 Å². The average Bonchev–Trinajstić information content (AvgIpc) is 2.86. The number of carbonyl (C=O) groups is 1. The number of benzene rings is 1. The highest BCUT2D eigenvalue weighted by Crippen LogP contribution is 2.50. The van der Waals surface area contributed by atoms with E-state index >= 15 is 0 Å². The first-order chi connectivity index (χ1) is 11.4. The lowest BCUT2D eigenvalue weighted by molar-refractivity contribution is -0.124. The molecule has 0 amide bonds. The van der Waals surface area contributed by atoms with Gasteiger partial charge >= 0.3 is 0 Å². The lowest BCUT2D eigenvalue weighted by atomic mass is 9.64. The molecule has 2 aliphatic rings. The van der Waals surface area contributed by atoms with Crippen LogP contribution in [0.5, 0.6) is 0 Å². The fourth-order valence-electron chi connectivity index (χ4n) is 4.17. The molecule has 124 valence electrons. The van der Waals surface area contributed by atoms with Gasteiger partial charge in [0.05, 0.1) is 5.92 Å². The number of fused-ring (bicyclic) bond motifs is 2. The first-order valence-corrected chi connectivity index (χ1v) is 8.65. The predicted molar refractivity (Wildman–Crippen MR) is 95.2 cm³/mol. The third-order valence-corrected chi connectivity index (χ3v) is 5.47. The minimum absolute atomic E-state index is 0.0553. The zero-order valence-electron chi connectivity index (χ0n) is 14.1. The number of H-pyrrole nitrogens is 1. The Hall–Kier alpha value is -1.94. The van der Waals surface area contributed by atoms with Gasteiger partial charge in [-0.1, -0.05) is 43.6 Å². The number of aromatic nitrogens is 2. The number of ketones is 1. The number of aliphatic imine (C=N–C) groups is 1. The van der Waals surface area contributed by atoms with E-state index in [1.165, 1.54) is 0 Å². The van der Waals surface area contributed by atoms with Gasteiger partial charge < -0.3 is 0 Å². The van der Waals surface area contributed by atoms with Crippen LogP contribution in [-0.4, -0.2) is 21.7 Å². The summed E-state index contributed by atoms with van der Waals surface area (Å²) in [5, 5.41) is 8.08. The summed E-state index contributed by atoms with van der Waals surface area (Å²) in [4.78, 5) is 17.8. The van der Waals surface area contributed by atoms with Crippen LogP contribution < -0.4 is 0 Å². The molecule has 0 saturated heterocycles. The number of nitrogens with one attached hydrogen (secondary N) is 1. The van der Waals surface area contributed by atoms with E-state index < -0.39 is 0 Å². The number of hydrogen-bond acceptors (Lipinski definition) is 3. The lowest BCUT2D eigenvalue weighted by Crippen LogP contribution is -2.42. The van der Waals surface area contributed by atoms with E-state index in [9.17, 15) is 4.79 Å². The van der Waals surface area contributed by atoms with Crippen LogP contribution in [0.1, 0.15) is 49.4 Å². The van der Waals surface area contributed by atoms with Gasteiger partial charge in [-0.25, -0.2) is 4.99 Å². The Morgan fingerprint density at radius 2 is 1.96 bits per heavy atom. The lowest BCUT2D eigenvalue weighted by Gasteiger charge is -2.40. The molecule has 5 heteroatoms. The second-order valence-corrected chi connectivity index (χ2v) is 8.06. The van der Waals surface area contributed by atoms with Crippen molar-refractivity contribution in [3.05, 3.63) is 46.1 Å². The minimum Gasteiger partial charge on any atom is -0.299 e. The van der Waals surface area contributed by atoms with E-state index in [4.69, 9.17) is 16.6 Å². The van der Waals surface area contributed by atoms with Crippen LogP contribution in [0.3, 0.4) is 0 Å². The molecule has 2 heterocycles. The van der Waals surface area contributed by atoms with Gasteiger partial charge in [-0.15, -0.1) is 0 Å². The Morgan fingerprint density at radius 3 is 2.71 bits per heavy atom. The Labute approximate surface area is 146 Å². The molecule has 24 heavy (non-hydrogen) atoms. The highest BCUT2D eigenvalue weighted by molar-refractivity contribution is 6.31. The molecular weight excluding hydrogens is 322 g/mol. The maximum Gasteiger partial charge on any atom is 0.177 e. The maximum absolute atomic E-state index is 13.0. The molecule has 0 radical (unpaired) electrons. The third-order valence-electron chi connectivity index (χ3n) is 5.13. The van der Waals surface area contributed by atoms with Gasteiger partial charge in [-0.05, 0) is 30.4 Å². The van der Waals surface area contributed by atoms with Crippen molar-refractivity contribution >= 4 is 28.9 Å². The quantitative estimate of drug-likeness (QED) is 0.824. The number of aromatic amines is 1. The highest BCUT2D eigenvalue weighted by Gasteiger charge is 2.47. The summed E-state index contributed by atoms with van der Waals surface area (Å²) in [6, 6.07) is 7.78. The molecule has 0 bridgehead atoms. The molecule has 1 N–H and O–H groups in total. The van der Waals surface area contributed by atoms with Crippen LogP contribution >= 0.6 is 11.6 Å². The SMILES string of the molecule is Cc1[nH]nc2c1C(c1ccccc1Cl)C1C(=O)CC(C)(C)CC1=N2. The monoisotopic (exact) mass is 341 g/mol. The van der Waals surface area contributed by atoms with Gasteiger partial charge in [0.2, 0.25) is 0 Å². The summed E-state index contributed by atoms with van der Waals surface area (Å²) in [7, 11) is 0. The van der Waals surface area contributed by atoms with Crippen LogP contribution in [0, 0.1) is 18.3 Å². The molecule has 1 aliphatic heterocycles. The molecule has 1 aromatic heterocycles. The topological polar surface area (TPSA) is 58.1 Å². The first-order valence-electron chi connectivity index (χ1n) is 8.27. The van der Waals surface area contributed by atoms with Crippen molar-refractivity contribution in [3.8, 4) is 0 Å². The molecule has 1 fully saturated rings. The van der Waals surface area contributed by atoms with Gasteiger partial charge in [0.25, 0.3) is 0 Å². The third kappa shape index (κ3) is 2.32. The fourth-order valence-corrected chi connectivity index (χ4v) is 4.42. The summed E-state index contributed by atoms with van der Waals surface area (Å²) < 4.78 is 0. The number of carbonyl (C=O) groups excluding carboxylic acids is 1. The average molecular weight is 342 g/mol. The molecular formula is C19H20ClN3O. The van der Waals surface area contributed by atoms with Crippen molar-refractivity contribution < 1.29 is 4.79 Å². The molecule has 2 aromatic rings. The summed E-state index contributed by atoms with van der Waals surface area (Å²) in [5.74, 6) is 0.612. The smallest absolute Gasteiger partial charge is 0.177 e. The summed E-state index contributed by atoms with van der Waals surface area (Å²) in [6.45, 7) is 6.23. The predicted octanol–water partition coefficient (Wildman–Crippen LogP) is 4.59. The Bertz CT molecular complexity index is 865. The Balaban J connectivity index is 1.95. The fraction of sp³-hybridized carbons (Fsp3) is 0.421. The van der Waals surface area contributed by atoms with Crippen LogP contribution in [-0.2, 0) is 4.79 Å². The van der Waals surface area contributed by atoms with E-state index in [1.807, 2.05) is 31.2 Å². The number of hydrogen-bond donors (Lipinski definition) is 1. The molecule has 1 aromatic carbocycles. The first kappa shape index (κ1) is 15.6.